The number of hydrogen-bond donors (Lipinski definition) is 1. The topological polar surface area (TPSA) is 89.5 Å². The number of carbonyl (C=O) groups excluding carboxylic acids is 1. The average Bonchev–Trinajstić information content (AvgIpc) is 2.95. The van der Waals surface area contributed by atoms with Crippen LogP contribution in [0, 0.1) is 0 Å². The molecule has 0 saturated carbocycles. The minimum absolute atomic E-state index is 0.198. The van der Waals surface area contributed by atoms with Gasteiger partial charge in [0.25, 0.3) is 3.91 Å². The second-order valence-electron chi connectivity index (χ2n) is 4.30. The molecule has 1 aliphatic rings. The predicted octanol–water partition coefficient (Wildman–Crippen LogP) is 2.53. The van der Waals surface area contributed by atoms with Gasteiger partial charge in [-0.1, -0.05) is 11.3 Å². The molecule has 0 spiro atoms. The predicted molar refractivity (Wildman–Crippen MR) is 90.3 cm³/mol. The standard InChI is InChI=1S/C12H12IN5O3S/c13-10(19)17-12-16-7-9(22-12)21-8-5-14-11(15-6-8)18-1-3-20-4-2-18/h5-7H,1-4H2,(H,16,17,19). The summed E-state index contributed by atoms with van der Waals surface area (Å²) in [5.41, 5.74) is 0. The molecule has 2 aromatic rings. The van der Waals surface area contributed by atoms with Crippen molar-refractivity contribution in [2.45, 2.75) is 0 Å². The normalized spacial score (nSPS) is 14.7. The first-order valence-electron chi connectivity index (χ1n) is 6.45. The van der Waals surface area contributed by atoms with Gasteiger partial charge in [-0.2, -0.15) is 0 Å². The van der Waals surface area contributed by atoms with E-state index in [1.807, 2.05) is 0 Å². The Morgan fingerprint density at radius 2 is 2.00 bits per heavy atom. The molecule has 3 rings (SSSR count). The quantitative estimate of drug-likeness (QED) is 0.450. The number of thiazole rings is 1. The molecule has 0 aromatic carbocycles. The number of nitrogens with one attached hydrogen (secondary N) is 1. The number of rotatable bonds is 4. The van der Waals surface area contributed by atoms with Gasteiger partial charge < -0.3 is 14.4 Å². The third-order valence-corrected chi connectivity index (χ3v) is 3.88. The molecule has 3 heterocycles. The molecule has 1 N–H and O–H groups in total. The zero-order valence-corrected chi connectivity index (χ0v) is 14.3. The molecule has 2 aromatic heterocycles. The van der Waals surface area contributed by atoms with Gasteiger partial charge in [0.2, 0.25) is 11.0 Å². The summed E-state index contributed by atoms with van der Waals surface area (Å²) in [7, 11) is 0. The van der Waals surface area contributed by atoms with Crippen molar-refractivity contribution in [2.75, 3.05) is 36.5 Å². The van der Waals surface area contributed by atoms with E-state index in [0.717, 1.165) is 13.1 Å². The highest BCUT2D eigenvalue weighted by atomic mass is 127. The largest absolute Gasteiger partial charge is 0.442 e. The maximum atomic E-state index is 10.9. The smallest absolute Gasteiger partial charge is 0.286 e. The Morgan fingerprint density at radius 3 is 2.68 bits per heavy atom. The molecule has 116 valence electrons. The highest BCUT2D eigenvalue weighted by Gasteiger charge is 2.14. The first-order chi connectivity index (χ1) is 10.7. The number of carbonyl (C=O) groups is 1. The van der Waals surface area contributed by atoms with Crippen LogP contribution >= 0.6 is 33.9 Å². The van der Waals surface area contributed by atoms with Crippen LogP contribution in [0.15, 0.2) is 18.6 Å². The lowest BCUT2D eigenvalue weighted by Crippen LogP contribution is -2.37. The van der Waals surface area contributed by atoms with Gasteiger partial charge in [0, 0.05) is 35.7 Å². The van der Waals surface area contributed by atoms with Gasteiger partial charge in [0.1, 0.15) is 0 Å². The molecule has 0 unspecified atom stereocenters. The van der Waals surface area contributed by atoms with Crippen LogP contribution in [0.3, 0.4) is 0 Å². The number of aromatic nitrogens is 3. The fourth-order valence-corrected chi connectivity index (χ4v) is 2.97. The van der Waals surface area contributed by atoms with Gasteiger partial charge in [-0.3, -0.25) is 10.1 Å². The Hall–Kier alpha value is -1.53. The van der Waals surface area contributed by atoms with Crippen molar-refractivity contribution in [3.05, 3.63) is 18.6 Å². The fraction of sp³-hybridized carbons (Fsp3) is 0.333. The molecule has 0 bridgehead atoms. The zero-order valence-electron chi connectivity index (χ0n) is 11.4. The summed E-state index contributed by atoms with van der Waals surface area (Å²) in [5, 5.41) is 3.63. The van der Waals surface area contributed by atoms with Gasteiger partial charge in [-0.05, 0) is 0 Å². The van der Waals surface area contributed by atoms with Crippen LogP contribution < -0.4 is 15.0 Å². The number of amides is 1. The third kappa shape index (κ3) is 4.01. The van der Waals surface area contributed by atoms with Crippen molar-refractivity contribution in [3.8, 4) is 10.8 Å². The highest BCUT2D eigenvalue weighted by molar-refractivity contribution is 14.1. The van der Waals surface area contributed by atoms with Crippen LogP contribution in [-0.2, 0) is 4.74 Å². The Balaban J connectivity index is 1.63. The van der Waals surface area contributed by atoms with E-state index in [4.69, 9.17) is 9.47 Å². The van der Waals surface area contributed by atoms with Gasteiger partial charge in [0.15, 0.2) is 10.9 Å². The van der Waals surface area contributed by atoms with Crippen LogP contribution in [0.2, 0.25) is 0 Å². The summed E-state index contributed by atoms with van der Waals surface area (Å²) in [6.07, 6.45) is 4.78. The van der Waals surface area contributed by atoms with Crippen molar-refractivity contribution in [1.82, 2.24) is 15.0 Å². The summed E-state index contributed by atoms with van der Waals surface area (Å²) in [5.74, 6) is 1.19. The second-order valence-corrected chi connectivity index (χ2v) is 6.28. The number of nitrogens with zero attached hydrogens (tertiary/aromatic N) is 4. The van der Waals surface area contributed by atoms with E-state index < -0.39 is 0 Å². The van der Waals surface area contributed by atoms with Crippen molar-refractivity contribution >= 4 is 48.9 Å². The lowest BCUT2D eigenvalue weighted by atomic mass is 10.4. The summed E-state index contributed by atoms with van der Waals surface area (Å²) in [4.78, 5) is 25.6. The van der Waals surface area contributed by atoms with Crippen LogP contribution in [0.25, 0.3) is 0 Å². The second kappa shape index (κ2) is 7.15. The molecule has 0 atom stereocenters. The van der Waals surface area contributed by atoms with E-state index in [1.54, 1.807) is 41.2 Å². The summed E-state index contributed by atoms with van der Waals surface area (Å²) < 4.78 is 10.7. The van der Waals surface area contributed by atoms with E-state index in [2.05, 4.69) is 25.2 Å². The van der Waals surface area contributed by atoms with Crippen molar-refractivity contribution < 1.29 is 14.3 Å². The van der Waals surface area contributed by atoms with Crippen LogP contribution in [-0.4, -0.2) is 45.2 Å². The van der Waals surface area contributed by atoms with E-state index in [-0.39, 0.29) is 3.91 Å². The van der Waals surface area contributed by atoms with Gasteiger partial charge in [-0.15, -0.1) is 0 Å². The maximum Gasteiger partial charge on any atom is 0.286 e. The number of ether oxygens (including phenoxy) is 2. The van der Waals surface area contributed by atoms with Gasteiger partial charge in [0.05, 0.1) is 31.8 Å². The SMILES string of the molecule is O=C(I)Nc1ncc(Oc2cnc(N3CCOCC3)nc2)s1. The highest BCUT2D eigenvalue weighted by Crippen LogP contribution is 2.30. The lowest BCUT2D eigenvalue weighted by Gasteiger charge is -2.26. The van der Waals surface area contributed by atoms with E-state index in [1.165, 1.54) is 11.3 Å². The zero-order chi connectivity index (χ0) is 15.4. The number of morpholine rings is 1. The van der Waals surface area contributed by atoms with Gasteiger partial charge in [-0.25, -0.2) is 15.0 Å². The molecule has 0 radical (unpaired) electrons. The van der Waals surface area contributed by atoms with Crippen LogP contribution in [0.4, 0.5) is 15.9 Å². The molecule has 22 heavy (non-hydrogen) atoms. The van der Waals surface area contributed by atoms with Gasteiger partial charge >= 0.3 is 0 Å². The Kier molecular flexibility index (Phi) is 5.00. The Labute approximate surface area is 144 Å². The molecule has 1 saturated heterocycles. The summed E-state index contributed by atoms with van der Waals surface area (Å²) in [6, 6.07) is 0. The molecule has 8 nitrogen and oxygen atoms in total. The number of halogens is 1. The summed E-state index contributed by atoms with van der Waals surface area (Å²) >= 11 is 2.88. The van der Waals surface area contributed by atoms with Crippen LogP contribution in [0.5, 0.6) is 10.8 Å². The molecule has 0 aliphatic carbocycles. The summed E-state index contributed by atoms with van der Waals surface area (Å²) in [6.45, 7) is 2.95. The minimum Gasteiger partial charge on any atom is -0.442 e. The molecule has 1 aliphatic heterocycles. The Morgan fingerprint density at radius 1 is 1.27 bits per heavy atom. The van der Waals surface area contributed by atoms with Crippen molar-refractivity contribution in [2.24, 2.45) is 0 Å². The first kappa shape index (κ1) is 15.4. The molecule has 1 amide bonds. The average molecular weight is 433 g/mol. The number of hydrogen-bond acceptors (Lipinski definition) is 8. The van der Waals surface area contributed by atoms with Crippen LogP contribution in [0.1, 0.15) is 0 Å². The molecular weight excluding hydrogens is 421 g/mol. The monoisotopic (exact) mass is 433 g/mol. The molecule has 10 heteroatoms. The Bertz CT molecular complexity index is 644. The minimum atomic E-state index is -0.198. The lowest BCUT2D eigenvalue weighted by molar-refractivity contribution is 0.122. The van der Waals surface area contributed by atoms with Crippen molar-refractivity contribution in [1.29, 1.82) is 0 Å². The van der Waals surface area contributed by atoms with E-state index >= 15 is 0 Å². The number of anilines is 2. The van der Waals surface area contributed by atoms with E-state index in [0.29, 0.717) is 35.1 Å². The fourth-order valence-electron chi connectivity index (χ4n) is 1.85. The first-order valence-corrected chi connectivity index (χ1v) is 8.35. The van der Waals surface area contributed by atoms with Crippen molar-refractivity contribution in [3.63, 3.8) is 0 Å². The third-order valence-electron chi connectivity index (χ3n) is 2.82. The molecule has 1 fully saturated rings. The molecular formula is C12H12IN5O3S. The van der Waals surface area contributed by atoms with E-state index in [9.17, 15) is 4.79 Å². The maximum absolute atomic E-state index is 10.9.